The second kappa shape index (κ2) is 3.46. The standard InChI is InChI=1S/C6H14N2O3/c7-1-3-5(10)6(11)4(2-9)8-3/h3-6,8-11H,1-2,7H2/t3-,4-,5-,6+/m1/s1. The topological polar surface area (TPSA) is 98.7 Å². The van der Waals surface area contributed by atoms with Crippen molar-refractivity contribution in [1.29, 1.82) is 0 Å². The van der Waals surface area contributed by atoms with Crippen LogP contribution in [-0.4, -0.2) is 52.8 Å². The molecule has 5 heteroatoms. The molecule has 11 heavy (non-hydrogen) atoms. The van der Waals surface area contributed by atoms with Crippen molar-refractivity contribution in [1.82, 2.24) is 5.32 Å². The van der Waals surface area contributed by atoms with Crippen molar-refractivity contribution in [2.75, 3.05) is 13.2 Å². The second-order valence-corrected chi connectivity index (χ2v) is 2.78. The molecular weight excluding hydrogens is 148 g/mol. The SMILES string of the molecule is NC[C@H]1N[C@H](CO)[C@H](O)[C@@H]1O. The van der Waals surface area contributed by atoms with E-state index < -0.39 is 18.2 Å². The van der Waals surface area contributed by atoms with Crippen LogP contribution in [0.4, 0.5) is 0 Å². The minimum atomic E-state index is -0.909. The number of hydrogen-bond acceptors (Lipinski definition) is 5. The Hall–Kier alpha value is -0.200. The molecule has 1 aliphatic rings. The van der Waals surface area contributed by atoms with Crippen molar-refractivity contribution < 1.29 is 15.3 Å². The van der Waals surface area contributed by atoms with E-state index in [1.165, 1.54) is 0 Å². The van der Waals surface area contributed by atoms with Gasteiger partial charge >= 0.3 is 0 Å². The third-order valence-corrected chi connectivity index (χ3v) is 2.05. The molecule has 0 bridgehead atoms. The summed E-state index contributed by atoms with van der Waals surface area (Å²) in [5.74, 6) is 0. The summed E-state index contributed by atoms with van der Waals surface area (Å²) in [5, 5.41) is 30.0. The maximum atomic E-state index is 9.26. The first-order valence-corrected chi connectivity index (χ1v) is 3.63. The van der Waals surface area contributed by atoms with E-state index in [2.05, 4.69) is 5.32 Å². The van der Waals surface area contributed by atoms with Gasteiger partial charge in [-0.3, -0.25) is 0 Å². The summed E-state index contributed by atoms with van der Waals surface area (Å²) in [6, 6.07) is -0.749. The second-order valence-electron chi connectivity index (χ2n) is 2.78. The molecule has 0 spiro atoms. The van der Waals surface area contributed by atoms with Gasteiger partial charge in [0.1, 0.15) is 0 Å². The van der Waals surface area contributed by atoms with Gasteiger partial charge < -0.3 is 26.4 Å². The first-order valence-electron chi connectivity index (χ1n) is 3.63. The summed E-state index contributed by atoms with van der Waals surface area (Å²) in [5.41, 5.74) is 5.29. The Morgan fingerprint density at radius 3 is 2.00 bits per heavy atom. The van der Waals surface area contributed by atoms with Crippen LogP contribution in [0.5, 0.6) is 0 Å². The highest BCUT2D eigenvalue weighted by atomic mass is 16.3. The normalized spacial score (nSPS) is 44.7. The third kappa shape index (κ3) is 1.52. The molecule has 0 aliphatic carbocycles. The van der Waals surface area contributed by atoms with Crippen molar-refractivity contribution in [3.8, 4) is 0 Å². The lowest BCUT2D eigenvalue weighted by Crippen LogP contribution is -2.40. The van der Waals surface area contributed by atoms with Gasteiger partial charge in [0.2, 0.25) is 0 Å². The van der Waals surface area contributed by atoms with Crippen molar-refractivity contribution in [3.05, 3.63) is 0 Å². The first-order chi connectivity index (χ1) is 5.20. The Morgan fingerprint density at radius 1 is 1.18 bits per heavy atom. The third-order valence-electron chi connectivity index (χ3n) is 2.05. The van der Waals surface area contributed by atoms with E-state index in [1.54, 1.807) is 0 Å². The number of aliphatic hydroxyl groups is 3. The number of hydrogen-bond donors (Lipinski definition) is 5. The lowest BCUT2D eigenvalue weighted by molar-refractivity contribution is 0.0205. The molecule has 5 nitrogen and oxygen atoms in total. The van der Waals surface area contributed by atoms with E-state index in [9.17, 15) is 10.2 Å². The van der Waals surface area contributed by atoms with Gasteiger partial charge in [0.05, 0.1) is 24.9 Å². The number of nitrogens with one attached hydrogen (secondary N) is 1. The quantitative estimate of drug-likeness (QED) is 0.298. The zero-order valence-corrected chi connectivity index (χ0v) is 6.14. The molecule has 1 fully saturated rings. The molecule has 6 N–H and O–H groups in total. The largest absolute Gasteiger partial charge is 0.395 e. The molecule has 0 aromatic rings. The predicted molar refractivity (Wildman–Crippen MR) is 38.9 cm³/mol. The molecule has 1 rings (SSSR count). The van der Waals surface area contributed by atoms with Gasteiger partial charge in [-0.15, -0.1) is 0 Å². The molecule has 4 atom stereocenters. The fourth-order valence-electron chi connectivity index (χ4n) is 1.32. The van der Waals surface area contributed by atoms with E-state index in [4.69, 9.17) is 10.8 Å². The fraction of sp³-hybridized carbons (Fsp3) is 1.00. The smallest absolute Gasteiger partial charge is 0.0989 e. The highest BCUT2D eigenvalue weighted by Crippen LogP contribution is 2.12. The molecule has 1 aliphatic heterocycles. The summed E-state index contributed by atoms with van der Waals surface area (Å²) < 4.78 is 0. The monoisotopic (exact) mass is 162 g/mol. The first kappa shape index (κ1) is 8.89. The minimum Gasteiger partial charge on any atom is -0.395 e. The molecule has 0 aromatic carbocycles. The number of rotatable bonds is 2. The van der Waals surface area contributed by atoms with E-state index in [-0.39, 0.29) is 19.2 Å². The molecule has 66 valence electrons. The Kier molecular flexibility index (Phi) is 2.80. The molecule has 0 radical (unpaired) electrons. The van der Waals surface area contributed by atoms with E-state index in [1.807, 2.05) is 0 Å². The summed E-state index contributed by atoms with van der Waals surface area (Å²) in [6.45, 7) is 0.0729. The van der Waals surface area contributed by atoms with Crippen LogP contribution in [0.2, 0.25) is 0 Å². The van der Waals surface area contributed by atoms with Crippen molar-refractivity contribution in [3.63, 3.8) is 0 Å². The predicted octanol–water partition coefficient (Wildman–Crippen LogP) is -3.00. The molecule has 0 saturated carbocycles. The summed E-state index contributed by atoms with van der Waals surface area (Å²) in [6.07, 6.45) is -1.77. The molecular formula is C6H14N2O3. The average molecular weight is 162 g/mol. The highest BCUT2D eigenvalue weighted by Gasteiger charge is 2.39. The zero-order chi connectivity index (χ0) is 8.43. The van der Waals surface area contributed by atoms with E-state index >= 15 is 0 Å². The van der Waals surface area contributed by atoms with Crippen molar-refractivity contribution in [2.24, 2.45) is 5.73 Å². The molecule has 1 heterocycles. The summed E-state index contributed by atoms with van der Waals surface area (Å²) in [7, 11) is 0. The van der Waals surface area contributed by atoms with Crippen molar-refractivity contribution in [2.45, 2.75) is 24.3 Å². The molecule has 0 amide bonds. The van der Waals surface area contributed by atoms with Gasteiger partial charge in [-0.05, 0) is 0 Å². The van der Waals surface area contributed by atoms with E-state index in [0.29, 0.717) is 0 Å². The van der Waals surface area contributed by atoms with Gasteiger partial charge in [-0.1, -0.05) is 0 Å². The van der Waals surface area contributed by atoms with Gasteiger partial charge in [-0.2, -0.15) is 0 Å². The molecule has 0 unspecified atom stereocenters. The lowest BCUT2D eigenvalue weighted by Gasteiger charge is -2.12. The molecule has 0 aromatic heterocycles. The Labute approximate surface area is 64.8 Å². The van der Waals surface area contributed by atoms with E-state index in [0.717, 1.165) is 0 Å². The Morgan fingerprint density at radius 2 is 1.73 bits per heavy atom. The maximum absolute atomic E-state index is 9.26. The van der Waals surface area contributed by atoms with Crippen LogP contribution in [0.1, 0.15) is 0 Å². The number of nitrogens with two attached hydrogens (primary N) is 1. The Balaban J connectivity index is 2.53. The highest BCUT2D eigenvalue weighted by molar-refractivity contribution is 4.98. The minimum absolute atomic E-state index is 0.186. The summed E-state index contributed by atoms with van der Waals surface area (Å²) in [4.78, 5) is 0. The number of aliphatic hydroxyl groups excluding tert-OH is 3. The van der Waals surface area contributed by atoms with Crippen molar-refractivity contribution >= 4 is 0 Å². The maximum Gasteiger partial charge on any atom is 0.0989 e. The lowest BCUT2D eigenvalue weighted by atomic mass is 10.1. The van der Waals surface area contributed by atoms with Gasteiger partial charge in [0, 0.05) is 12.6 Å². The van der Waals surface area contributed by atoms with Crippen LogP contribution in [0.25, 0.3) is 0 Å². The van der Waals surface area contributed by atoms with Crippen LogP contribution in [0.3, 0.4) is 0 Å². The van der Waals surface area contributed by atoms with Crippen LogP contribution in [0, 0.1) is 0 Å². The zero-order valence-electron chi connectivity index (χ0n) is 6.14. The molecule has 1 saturated heterocycles. The summed E-state index contributed by atoms with van der Waals surface area (Å²) >= 11 is 0. The Bertz CT molecular complexity index is 115. The van der Waals surface area contributed by atoms with Gasteiger partial charge in [0.15, 0.2) is 0 Å². The van der Waals surface area contributed by atoms with Gasteiger partial charge in [-0.25, -0.2) is 0 Å². The van der Waals surface area contributed by atoms with Crippen LogP contribution >= 0.6 is 0 Å². The average Bonchev–Trinajstić information content (AvgIpc) is 2.30. The van der Waals surface area contributed by atoms with Crippen LogP contribution < -0.4 is 11.1 Å². The van der Waals surface area contributed by atoms with Gasteiger partial charge in [0.25, 0.3) is 0 Å². The fourth-order valence-corrected chi connectivity index (χ4v) is 1.32. The van der Waals surface area contributed by atoms with Crippen LogP contribution in [0.15, 0.2) is 0 Å². The van der Waals surface area contributed by atoms with Crippen LogP contribution in [-0.2, 0) is 0 Å².